The van der Waals surface area contributed by atoms with Crippen LogP contribution in [0.5, 0.6) is 0 Å². The number of carbonyl (C=O) groups is 1. The van der Waals surface area contributed by atoms with Crippen LogP contribution in [0.2, 0.25) is 0 Å². The standard InChI is InChI=1S/C21H27N3O4S/c1-29(26,27)20-5-2-4-19(16-20)21(25)24(17-18-6-8-22-9-7-18)11-3-10-23-12-14-28-15-13-23/h2,4-9,16H,3,10-15,17H2,1H3. The predicted molar refractivity (Wildman–Crippen MR) is 110 cm³/mol. The number of hydrogen-bond acceptors (Lipinski definition) is 6. The van der Waals surface area contributed by atoms with Crippen molar-refractivity contribution in [3.05, 3.63) is 59.9 Å². The highest BCUT2D eigenvalue weighted by Crippen LogP contribution is 2.15. The number of sulfone groups is 1. The van der Waals surface area contributed by atoms with Crippen molar-refractivity contribution < 1.29 is 17.9 Å². The molecule has 156 valence electrons. The third-order valence-electron chi connectivity index (χ3n) is 4.93. The highest BCUT2D eigenvalue weighted by molar-refractivity contribution is 7.90. The van der Waals surface area contributed by atoms with Gasteiger partial charge in [0.2, 0.25) is 0 Å². The smallest absolute Gasteiger partial charge is 0.254 e. The van der Waals surface area contributed by atoms with Crippen molar-refractivity contribution in [2.45, 2.75) is 17.9 Å². The van der Waals surface area contributed by atoms with Crippen molar-refractivity contribution in [3.63, 3.8) is 0 Å². The normalized spacial score (nSPS) is 15.2. The Morgan fingerprint density at radius 3 is 2.59 bits per heavy atom. The van der Waals surface area contributed by atoms with Crippen molar-refractivity contribution in [2.75, 3.05) is 45.6 Å². The summed E-state index contributed by atoms with van der Waals surface area (Å²) in [5.74, 6) is -0.172. The molecule has 0 bridgehead atoms. The zero-order valence-corrected chi connectivity index (χ0v) is 17.5. The van der Waals surface area contributed by atoms with Gasteiger partial charge in [0, 0.05) is 56.9 Å². The summed E-state index contributed by atoms with van der Waals surface area (Å²) >= 11 is 0. The van der Waals surface area contributed by atoms with Crippen LogP contribution in [0, 0.1) is 0 Å². The minimum absolute atomic E-state index is 0.153. The minimum atomic E-state index is -3.37. The number of pyridine rings is 1. The fraction of sp³-hybridized carbons (Fsp3) is 0.429. The van der Waals surface area contributed by atoms with Crippen molar-refractivity contribution >= 4 is 15.7 Å². The number of benzene rings is 1. The summed E-state index contributed by atoms with van der Waals surface area (Å²) in [6.45, 7) is 5.25. The minimum Gasteiger partial charge on any atom is -0.379 e. The third-order valence-corrected chi connectivity index (χ3v) is 6.04. The summed E-state index contributed by atoms with van der Waals surface area (Å²) in [6.07, 6.45) is 5.39. The lowest BCUT2D eigenvalue weighted by molar-refractivity contribution is 0.0355. The number of rotatable bonds is 8. The zero-order valence-electron chi connectivity index (χ0n) is 16.7. The molecule has 0 atom stereocenters. The fourth-order valence-electron chi connectivity index (χ4n) is 3.31. The molecule has 1 aromatic heterocycles. The van der Waals surface area contributed by atoms with Crippen LogP contribution in [-0.2, 0) is 21.1 Å². The van der Waals surface area contributed by atoms with Gasteiger partial charge in [-0.15, -0.1) is 0 Å². The van der Waals surface area contributed by atoms with E-state index in [0.717, 1.165) is 51.1 Å². The second-order valence-corrected chi connectivity index (χ2v) is 9.21. The first-order valence-electron chi connectivity index (χ1n) is 9.72. The van der Waals surface area contributed by atoms with Gasteiger partial charge in [0.15, 0.2) is 9.84 Å². The molecule has 1 amide bonds. The Morgan fingerprint density at radius 2 is 1.90 bits per heavy atom. The average Bonchev–Trinajstić information content (AvgIpc) is 2.73. The van der Waals surface area contributed by atoms with E-state index in [1.807, 2.05) is 12.1 Å². The number of morpholine rings is 1. The SMILES string of the molecule is CS(=O)(=O)c1cccc(C(=O)N(CCCN2CCOCC2)Cc2ccncc2)c1. The van der Waals surface area contributed by atoms with Crippen LogP contribution >= 0.6 is 0 Å². The van der Waals surface area contributed by atoms with Crippen LogP contribution in [0.4, 0.5) is 0 Å². The van der Waals surface area contributed by atoms with Crippen LogP contribution in [-0.4, -0.2) is 74.8 Å². The van der Waals surface area contributed by atoms with Crippen molar-refractivity contribution in [1.82, 2.24) is 14.8 Å². The molecular formula is C21H27N3O4S. The van der Waals surface area contributed by atoms with E-state index >= 15 is 0 Å². The van der Waals surface area contributed by atoms with Crippen molar-refractivity contribution in [2.24, 2.45) is 0 Å². The van der Waals surface area contributed by atoms with E-state index < -0.39 is 9.84 Å². The quantitative estimate of drug-likeness (QED) is 0.652. The molecule has 2 aromatic rings. The lowest BCUT2D eigenvalue weighted by atomic mass is 10.1. The molecule has 1 saturated heterocycles. The van der Waals surface area contributed by atoms with Gasteiger partial charge in [0.05, 0.1) is 18.1 Å². The largest absolute Gasteiger partial charge is 0.379 e. The van der Waals surface area contributed by atoms with Gasteiger partial charge in [-0.05, 0) is 42.3 Å². The molecule has 1 aliphatic heterocycles. The summed E-state index contributed by atoms with van der Waals surface area (Å²) in [7, 11) is -3.37. The van der Waals surface area contributed by atoms with Gasteiger partial charge < -0.3 is 9.64 Å². The maximum Gasteiger partial charge on any atom is 0.254 e. The van der Waals surface area contributed by atoms with E-state index in [2.05, 4.69) is 9.88 Å². The molecule has 2 heterocycles. The van der Waals surface area contributed by atoms with Crippen LogP contribution in [0.1, 0.15) is 22.3 Å². The van der Waals surface area contributed by atoms with E-state index in [1.54, 1.807) is 29.4 Å². The first-order chi connectivity index (χ1) is 13.9. The first kappa shape index (κ1) is 21.4. The molecule has 0 spiro atoms. The lowest BCUT2D eigenvalue weighted by Crippen LogP contribution is -2.39. The fourth-order valence-corrected chi connectivity index (χ4v) is 3.98. The second-order valence-electron chi connectivity index (χ2n) is 7.19. The maximum atomic E-state index is 13.2. The molecule has 0 saturated carbocycles. The zero-order chi connectivity index (χ0) is 20.7. The number of carbonyl (C=O) groups excluding carboxylic acids is 1. The number of hydrogen-bond donors (Lipinski definition) is 0. The molecule has 1 aliphatic rings. The van der Waals surface area contributed by atoms with Gasteiger partial charge in [-0.2, -0.15) is 0 Å². The Balaban J connectivity index is 1.73. The Hall–Kier alpha value is -2.29. The van der Waals surface area contributed by atoms with Gasteiger partial charge >= 0.3 is 0 Å². The number of aromatic nitrogens is 1. The topological polar surface area (TPSA) is 79.8 Å². The molecule has 0 radical (unpaired) electrons. The van der Waals surface area contributed by atoms with Crippen molar-refractivity contribution in [3.8, 4) is 0 Å². The van der Waals surface area contributed by atoms with Gasteiger partial charge in [-0.3, -0.25) is 14.7 Å². The molecule has 0 unspecified atom stereocenters. The van der Waals surface area contributed by atoms with Gasteiger partial charge in [0.25, 0.3) is 5.91 Å². The molecule has 8 heteroatoms. The second kappa shape index (κ2) is 9.96. The highest BCUT2D eigenvalue weighted by Gasteiger charge is 2.19. The maximum absolute atomic E-state index is 13.2. The van der Waals surface area contributed by atoms with E-state index in [4.69, 9.17) is 4.74 Å². The van der Waals surface area contributed by atoms with E-state index in [-0.39, 0.29) is 10.8 Å². The van der Waals surface area contributed by atoms with Crippen LogP contribution in [0.25, 0.3) is 0 Å². The van der Waals surface area contributed by atoms with Gasteiger partial charge in [0.1, 0.15) is 0 Å². The lowest BCUT2D eigenvalue weighted by Gasteiger charge is -2.28. The van der Waals surface area contributed by atoms with E-state index in [1.165, 1.54) is 12.1 Å². The summed E-state index contributed by atoms with van der Waals surface area (Å²) in [5, 5.41) is 0. The molecular weight excluding hydrogens is 390 g/mol. The van der Waals surface area contributed by atoms with Crippen LogP contribution in [0.3, 0.4) is 0 Å². The third kappa shape index (κ3) is 6.35. The number of ether oxygens (including phenoxy) is 1. The van der Waals surface area contributed by atoms with Crippen LogP contribution < -0.4 is 0 Å². The Morgan fingerprint density at radius 1 is 1.17 bits per heavy atom. The highest BCUT2D eigenvalue weighted by atomic mass is 32.2. The monoisotopic (exact) mass is 417 g/mol. The Labute approximate surface area is 172 Å². The first-order valence-corrected chi connectivity index (χ1v) is 11.6. The average molecular weight is 418 g/mol. The van der Waals surface area contributed by atoms with Crippen LogP contribution in [0.15, 0.2) is 53.7 Å². The molecule has 3 rings (SSSR count). The molecule has 0 aliphatic carbocycles. The number of amides is 1. The van der Waals surface area contributed by atoms with Gasteiger partial charge in [-0.25, -0.2) is 8.42 Å². The van der Waals surface area contributed by atoms with Gasteiger partial charge in [-0.1, -0.05) is 6.07 Å². The number of nitrogens with zero attached hydrogens (tertiary/aromatic N) is 3. The molecule has 1 fully saturated rings. The molecule has 7 nitrogen and oxygen atoms in total. The van der Waals surface area contributed by atoms with Crippen molar-refractivity contribution in [1.29, 1.82) is 0 Å². The summed E-state index contributed by atoms with van der Waals surface area (Å²) in [6, 6.07) is 10.0. The predicted octanol–water partition coefficient (Wildman–Crippen LogP) is 1.85. The Kier molecular flexibility index (Phi) is 7.35. The van der Waals surface area contributed by atoms with E-state index in [0.29, 0.717) is 18.7 Å². The molecule has 1 aromatic carbocycles. The molecule has 0 N–H and O–H groups in total. The summed E-state index contributed by atoms with van der Waals surface area (Å²) < 4.78 is 29.1. The summed E-state index contributed by atoms with van der Waals surface area (Å²) in [5.41, 5.74) is 1.37. The van der Waals surface area contributed by atoms with E-state index in [9.17, 15) is 13.2 Å². The molecule has 29 heavy (non-hydrogen) atoms. The summed E-state index contributed by atoms with van der Waals surface area (Å²) in [4.78, 5) is 21.5. The Bertz CT molecular complexity index is 913.